The predicted octanol–water partition coefficient (Wildman–Crippen LogP) is 2.96. The van der Waals surface area contributed by atoms with Gasteiger partial charge in [-0.2, -0.15) is 0 Å². The Kier molecular flexibility index (Phi) is 4.30. The van der Waals surface area contributed by atoms with Gasteiger partial charge in [-0.05, 0) is 0 Å². The van der Waals surface area contributed by atoms with Crippen molar-refractivity contribution in [3.05, 3.63) is 50.6 Å². The first kappa shape index (κ1) is 8.96. The van der Waals surface area contributed by atoms with Crippen LogP contribution in [0.5, 0.6) is 0 Å². The molecule has 0 aromatic carbocycles. The number of allylic oxidation sites excluding steroid dienone is 4. The summed E-state index contributed by atoms with van der Waals surface area (Å²) < 4.78 is 0. The van der Waals surface area contributed by atoms with Crippen molar-refractivity contribution in [1.82, 2.24) is 0 Å². The van der Waals surface area contributed by atoms with Crippen molar-refractivity contribution in [1.29, 1.82) is 0 Å². The van der Waals surface area contributed by atoms with Gasteiger partial charge in [0.2, 0.25) is 0 Å². The normalized spacial score (nSPS) is 9.40. The van der Waals surface area contributed by atoms with E-state index in [0.29, 0.717) is 0 Å². The molecular weight excluding hydrogens is 120 g/mol. The second-order valence-electron chi connectivity index (χ2n) is 2.10. The van der Waals surface area contributed by atoms with E-state index < -0.39 is 0 Å². The summed E-state index contributed by atoms with van der Waals surface area (Å²) in [5.41, 5.74) is 0. The van der Waals surface area contributed by atoms with Crippen molar-refractivity contribution in [2.75, 3.05) is 0 Å². The molecule has 0 spiro atoms. The topological polar surface area (TPSA) is 0 Å². The Hall–Kier alpha value is -1.04. The number of rotatable bonds is 5. The van der Waals surface area contributed by atoms with Crippen molar-refractivity contribution in [2.45, 2.75) is 0 Å². The van der Waals surface area contributed by atoms with E-state index in [1.54, 1.807) is 0 Å². The lowest BCUT2D eigenvalue weighted by Crippen LogP contribution is -2.02. The zero-order valence-corrected chi connectivity index (χ0v) is 6.29. The third-order valence-corrected chi connectivity index (χ3v) is 1.53. The zero-order chi connectivity index (χ0) is 7.98. The Labute approximate surface area is 63.3 Å². The average Bonchev–Trinajstić information content (AvgIpc) is 2.00. The molecule has 0 rings (SSSR count). The highest BCUT2D eigenvalue weighted by atomic mass is 14.1. The highest BCUT2D eigenvalue weighted by Crippen LogP contribution is 2.15. The smallest absolute Gasteiger partial charge is 0.00386 e. The molecule has 0 saturated heterocycles. The summed E-state index contributed by atoms with van der Waals surface area (Å²) in [4.78, 5) is 0. The fourth-order valence-electron chi connectivity index (χ4n) is 0.821. The quantitative estimate of drug-likeness (QED) is 0.507. The molecule has 10 heavy (non-hydrogen) atoms. The zero-order valence-electron chi connectivity index (χ0n) is 6.29. The fraction of sp³-hybridized carbons (Fsp3) is 0.200. The molecule has 0 saturated carbocycles. The van der Waals surface area contributed by atoms with E-state index in [2.05, 4.69) is 26.3 Å². The summed E-state index contributed by atoms with van der Waals surface area (Å²) in [6.45, 7) is 14.7. The molecule has 0 heterocycles. The lowest BCUT2D eigenvalue weighted by Gasteiger charge is -2.12. The summed E-state index contributed by atoms with van der Waals surface area (Å²) >= 11 is 0. The van der Waals surface area contributed by atoms with Crippen LogP contribution in [0, 0.1) is 11.8 Å². The van der Waals surface area contributed by atoms with Crippen LogP contribution in [-0.4, -0.2) is 0 Å². The van der Waals surface area contributed by atoms with Gasteiger partial charge in [-0.1, -0.05) is 24.3 Å². The van der Waals surface area contributed by atoms with Gasteiger partial charge >= 0.3 is 0 Å². The van der Waals surface area contributed by atoms with Crippen LogP contribution in [0.4, 0.5) is 0 Å². The second-order valence-corrected chi connectivity index (χ2v) is 2.10. The van der Waals surface area contributed by atoms with Gasteiger partial charge < -0.3 is 0 Å². The van der Waals surface area contributed by atoms with Gasteiger partial charge in [0, 0.05) is 11.8 Å². The lowest BCUT2D eigenvalue weighted by molar-refractivity contribution is 0.681. The van der Waals surface area contributed by atoms with Gasteiger partial charge in [-0.25, -0.2) is 0 Å². The van der Waals surface area contributed by atoms with Crippen molar-refractivity contribution in [3.63, 3.8) is 0 Å². The average molecular weight is 134 g/mol. The first-order valence-electron chi connectivity index (χ1n) is 3.30. The summed E-state index contributed by atoms with van der Waals surface area (Å²) in [6, 6.07) is 0. The maximum Gasteiger partial charge on any atom is 0.00386 e. The van der Waals surface area contributed by atoms with Crippen molar-refractivity contribution >= 4 is 0 Å². The van der Waals surface area contributed by atoms with Crippen LogP contribution in [-0.2, 0) is 0 Å². The largest absolute Gasteiger partial charge is 0.102 e. The minimum atomic E-state index is 0.273. The molecular formula is C10H14. The Morgan fingerprint density at radius 3 is 0.900 bits per heavy atom. The van der Waals surface area contributed by atoms with Gasteiger partial charge in [0.1, 0.15) is 0 Å². The van der Waals surface area contributed by atoms with E-state index in [9.17, 15) is 0 Å². The lowest BCUT2D eigenvalue weighted by atomic mass is 9.93. The Morgan fingerprint density at radius 2 is 0.800 bits per heavy atom. The molecule has 0 aromatic heterocycles. The van der Waals surface area contributed by atoms with Crippen LogP contribution in [0.2, 0.25) is 0 Å². The third-order valence-electron chi connectivity index (χ3n) is 1.53. The molecule has 0 aliphatic rings. The minimum absolute atomic E-state index is 0.273. The molecule has 0 aromatic rings. The first-order valence-corrected chi connectivity index (χ1v) is 3.30. The molecule has 0 fully saturated rings. The molecule has 0 heteroatoms. The van der Waals surface area contributed by atoms with Gasteiger partial charge in [-0.15, -0.1) is 26.3 Å². The maximum atomic E-state index is 3.68. The number of hydrogen-bond acceptors (Lipinski definition) is 0. The van der Waals surface area contributed by atoms with Crippen LogP contribution >= 0.6 is 0 Å². The van der Waals surface area contributed by atoms with Gasteiger partial charge in [-0.3, -0.25) is 0 Å². The van der Waals surface area contributed by atoms with Crippen molar-refractivity contribution in [3.8, 4) is 0 Å². The van der Waals surface area contributed by atoms with Crippen LogP contribution < -0.4 is 0 Å². The Bertz CT molecular complexity index is 108. The molecule has 0 unspecified atom stereocenters. The molecule has 0 atom stereocenters. The van der Waals surface area contributed by atoms with E-state index in [-0.39, 0.29) is 11.8 Å². The van der Waals surface area contributed by atoms with E-state index in [1.807, 2.05) is 24.3 Å². The predicted molar refractivity (Wildman–Crippen MR) is 47.8 cm³/mol. The Balaban J connectivity index is 4.20. The summed E-state index contributed by atoms with van der Waals surface area (Å²) in [7, 11) is 0. The standard InChI is InChI=1S/C10H14/c1-5-9(6-2)10(7-3)8-4/h5-10H,1-4H2. The summed E-state index contributed by atoms with van der Waals surface area (Å²) in [5, 5.41) is 0. The molecule has 0 N–H and O–H groups in total. The monoisotopic (exact) mass is 134 g/mol. The van der Waals surface area contributed by atoms with E-state index in [1.165, 1.54) is 0 Å². The van der Waals surface area contributed by atoms with E-state index in [4.69, 9.17) is 0 Å². The first-order chi connectivity index (χ1) is 4.79. The van der Waals surface area contributed by atoms with Gasteiger partial charge in [0.25, 0.3) is 0 Å². The van der Waals surface area contributed by atoms with Crippen LogP contribution in [0.3, 0.4) is 0 Å². The second kappa shape index (κ2) is 4.80. The maximum absolute atomic E-state index is 3.68. The van der Waals surface area contributed by atoms with E-state index in [0.717, 1.165) is 0 Å². The van der Waals surface area contributed by atoms with Gasteiger partial charge in [0.15, 0.2) is 0 Å². The van der Waals surface area contributed by atoms with Gasteiger partial charge in [0.05, 0.1) is 0 Å². The highest BCUT2D eigenvalue weighted by Gasteiger charge is 2.06. The Morgan fingerprint density at radius 1 is 0.600 bits per heavy atom. The minimum Gasteiger partial charge on any atom is -0.102 e. The van der Waals surface area contributed by atoms with Crippen LogP contribution in [0.1, 0.15) is 0 Å². The molecule has 0 aliphatic heterocycles. The van der Waals surface area contributed by atoms with Crippen LogP contribution in [0.15, 0.2) is 50.6 Å². The number of hydrogen-bond donors (Lipinski definition) is 0. The third kappa shape index (κ3) is 2.06. The SMILES string of the molecule is C=CC(C=C)C(C=C)C=C. The fourth-order valence-corrected chi connectivity index (χ4v) is 0.821. The summed E-state index contributed by atoms with van der Waals surface area (Å²) in [5.74, 6) is 0.546. The molecule has 0 aliphatic carbocycles. The highest BCUT2D eigenvalue weighted by molar-refractivity contribution is 5.07. The molecule has 0 amide bonds. The summed E-state index contributed by atoms with van der Waals surface area (Å²) in [6.07, 6.45) is 7.39. The van der Waals surface area contributed by atoms with E-state index >= 15 is 0 Å². The molecule has 0 nitrogen and oxygen atoms in total. The van der Waals surface area contributed by atoms with Crippen molar-refractivity contribution in [2.24, 2.45) is 11.8 Å². The molecule has 0 bridgehead atoms. The molecule has 54 valence electrons. The van der Waals surface area contributed by atoms with Crippen LogP contribution in [0.25, 0.3) is 0 Å². The molecule has 0 radical (unpaired) electrons. The van der Waals surface area contributed by atoms with Crippen molar-refractivity contribution < 1.29 is 0 Å².